The summed E-state index contributed by atoms with van der Waals surface area (Å²) in [6.07, 6.45) is 1.97. The van der Waals surface area contributed by atoms with E-state index in [4.69, 9.17) is 0 Å². The molecule has 2 unspecified atom stereocenters. The summed E-state index contributed by atoms with van der Waals surface area (Å²) in [4.78, 5) is 4.48. The second-order valence-corrected chi connectivity index (χ2v) is 6.39. The van der Waals surface area contributed by atoms with Crippen LogP contribution in [0, 0.1) is 5.92 Å². The van der Waals surface area contributed by atoms with E-state index in [1.807, 2.05) is 6.20 Å². The van der Waals surface area contributed by atoms with Crippen molar-refractivity contribution in [2.75, 3.05) is 10.6 Å². The monoisotopic (exact) mass is 298 g/mol. The molecule has 96 valence electrons. The zero-order chi connectivity index (χ0) is 13.1. The fraction of sp³-hybridized carbons (Fsp3) is 0.643. The minimum absolute atomic E-state index is 0.167. The summed E-state index contributed by atoms with van der Waals surface area (Å²) >= 11 is 3.51. The SMILES string of the molecule is CC(CBr)C(C)Nc1ccc(C(C)(C)C)cn1. The summed E-state index contributed by atoms with van der Waals surface area (Å²) < 4.78 is 0. The van der Waals surface area contributed by atoms with Crippen LogP contribution in [-0.2, 0) is 5.41 Å². The zero-order valence-corrected chi connectivity index (χ0v) is 13.0. The highest BCUT2D eigenvalue weighted by Gasteiger charge is 2.15. The van der Waals surface area contributed by atoms with Gasteiger partial charge in [-0.2, -0.15) is 0 Å². The standard InChI is InChI=1S/C14H23BrN2/c1-10(8-15)11(2)17-13-7-6-12(9-16-13)14(3,4)5/h6-7,9-11H,8H2,1-5H3,(H,16,17). The molecule has 1 aromatic heterocycles. The number of hydrogen-bond acceptors (Lipinski definition) is 2. The first-order chi connectivity index (χ1) is 7.84. The van der Waals surface area contributed by atoms with Crippen molar-refractivity contribution >= 4 is 21.7 Å². The summed E-state index contributed by atoms with van der Waals surface area (Å²) in [6.45, 7) is 11.0. The Kier molecular flexibility index (Phi) is 4.99. The van der Waals surface area contributed by atoms with Crippen LogP contribution in [0.1, 0.15) is 40.2 Å². The van der Waals surface area contributed by atoms with Gasteiger partial charge in [0.2, 0.25) is 0 Å². The van der Waals surface area contributed by atoms with E-state index in [9.17, 15) is 0 Å². The third kappa shape index (κ3) is 4.30. The lowest BCUT2D eigenvalue weighted by Crippen LogP contribution is -2.25. The number of anilines is 1. The molecule has 2 atom stereocenters. The maximum Gasteiger partial charge on any atom is 0.126 e. The molecule has 1 aromatic rings. The number of aromatic nitrogens is 1. The highest BCUT2D eigenvalue weighted by molar-refractivity contribution is 9.09. The molecule has 17 heavy (non-hydrogen) atoms. The van der Waals surface area contributed by atoms with Crippen molar-refractivity contribution in [2.45, 2.75) is 46.1 Å². The van der Waals surface area contributed by atoms with E-state index in [1.54, 1.807) is 0 Å². The third-order valence-corrected chi connectivity index (χ3v) is 4.12. The van der Waals surface area contributed by atoms with Crippen molar-refractivity contribution in [3.63, 3.8) is 0 Å². The van der Waals surface area contributed by atoms with Gasteiger partial charge in [0.15, 0.2) is 0 Å². The van der Waals surface area contributed by atoms with Crippen molar-refractivity contribution in [2.24, 2.45) is 5.92 Å². The normalized spacial score (nSPS) is 15.4. The molecule has 0 aromatic carbocycles. The smallest absolute Gasteiger partial charge is 0.126 e. The molecule has 1 heterocycles. The van der Waals surface area contributed by atoms with Gasteiger partial charge in [-0.1, -0.05) is 49.7 Å². The Labute approximate surface area is 113 Å². The molecule has 0 aliphatic rings. The van der Waals surface area contributed by atoms with Gasteiger partial charge in [-0.15, -0.1) is 0 Å². The molecule has 1 rings (SSSR count). The Bertz CT molecular complexity index is 340. The van der Waals surface area contributed by atoms with E-state index in [0.717, 1.165) is 11.1 Å². The second-order valence-electron chi connectivity index (χ2n) is 5.75. The van der Waals surface area contributed by atoms with Crippen LogP contribution < -0.4 is 5.32 Å². The lowest BCUT2D eigenvalue weighted by Gasteiger charge is -2.21. The fourth-order valence-electron chi connectivity index (χ4n) is 1.43. The number of hydrogen-bond donors (Lipinski definition) is 1. The Hall–Kier alpha value is -0.570. The molecule has 0 saturated heterocycles. The average Bonchev–Trinajstić information content (AvgIpc) is 2.27. The van der Waals surface area contributed by atoms with Crippen LogP contribution in [0.25, 0.3) is 0 Å². The highest BCUT2D eigenvalue weighted by atomic mass is 79.9. The van der Waals surface area contributed by atoms with Crippen molar-refractivity contribution in [3.8, 4) is 0 Å². The quantitative estimate of drug-likeness (QED) is 0.842. The van der Waals surface area contributed by atoms with Crippen LogP contribution in [0.15, 0.2) is 18.3 Å². The van der Waals surface area contributed by atoms with Crippen molar-refractivity contribution in [1.29, 1.82) is 0 Å². The van der Waals surface area contributed by atoms with Gasteiger partial charge in [-0.25, -0.2) is 4.98 Å². The van der Waals surface area contributed by atoms with Gasteiger partial charge in [-0.3, -0.25) is 0 Å². The van der Waals surface area contributed by atoms with Gasteiger partial charge in [0.05, 0.1) is 0 Å². The molecule has 2 nitrogen and oxygen atoms in total. The molecule has 0 amide bonds. The summed E-state index contributed by atoms with van der Waals surface area (Å²) in [5, 5.41) is 4.43. The maximum absolute atomic E-state index is 4.48. The zero-order valence-electron chi connectivity index (χ0n) is 11.4. The first-order valence-electron chi connectivity index (χ1n) is 6.13. The van der Waals surface area contributed by atoms with Crippen molar-refractivity contribution in [1.82, 2.24) is 4.98 Å². The van der Waals surface area contributed by atoms with Gasteiger partial charge < -0.3 is 5.32 Å². The first kappa shape index (κ1) is 14.5. The molecule has 0 spiro atoms. The van der Waals surface area contributed by atoms with Gasteiger partial charge >= 0.3 is 0 Å². The number of pyridine rings is 1. The minimum atomic E-state index is 0.167. The van der Waals surface area contributed by atoms with E-state index >= 15 is 0 Å². The largest absolute Gasteiger partial charge is 0.367 e. The van der Waals surface area contributed by atoms with Crippen LogP contribution in [0.2, 0.25) is 0 Å². The molecule has 0 aliphatic carbocycles. The number of rotatable bonds is 4. The van der Waals surface area contributed by atoms with Crippen molar-refractivity contribution < 1.29 is 0 Å². The van der Waals surface area contributed by atoms with E-state index in [2.05, 4.69) is 73.0 Å². The van der Waals surface area contributed by atoms with E-state index in [1.165, 1.54) is 5.56 Å². The second kappa shape index (κ2) is 5.85. The molecule has 0 fully saturated rings. The lowest BCUT2D eigenvalue weighted by molar-refractivity contribution is 0.569. The molecule has 3 heteroatoms. The molecule has 0 radical (unpaired) electrons. The predicted molar refractivity (Wildman–Crippen MR) is 79.0 cm³/mol. The molecule has 0 bridgehead atoms. The van der Waals surface area contributed by atoms with Crippen LogP contribution >= 0.6 is 15.9 Å². The number of halogens is 1. The predicted octanol–water partition coefficient (Wildman–Crippen LogP) is 4.21. The summed E-state index contributed by atoms with van der Waals surface area (Å²) in [5.41, 5.74) is 1.43. The molecule has 0 saturated carbocycles. The van der Waals surface area contributed by atoms with Crippen LogP contribution in [0.5, 0.6) is 0 Å². The van der Waals surface area contributed by atoms with Gasteiger partial charge in [-0.05, 0) is 29.9 Å². The number of alkyl halides is 1. The Morgan fingerprint density at radius 2 is 1.94 bits per heavy atom. The number of nitrogens with zero attached hydrogens (tertiary/aromatic N) is 1. The van der Waals surface area contributed by atoms with Crippen LogP contribution in [0.3, 0.4) is 0 Å². The van der Waals surface area contributed by atoms with Crippen molar-refractivity contribution in [3.05, 3.63) is 23.9 Å². The van der Waals surface area contributed by atoms with Gasteiger partial charge in [0.1, 0.15) is 5.82 Å². The van der Waals surface area contributed by atoms with Gasteiger partial charge in [0, 0.05) is 17.6 Å². The van der Waals surface area contributed by atoms with E-state index in [-0.39, 0.29) is 5.41 Å². The Morgan fingerprint density at radius 3 is 2.35 bits per heavy atom. The lowest BCUT2D eigenvalue weighted by atomic mass is 9.88. The first-order valence-corrected chi connectivity index (χ1v) is 7.25. The van der Waals surface area contributed by atoms with E-state index in [0.29, 0.717) is 12.0 Å². The fourth-order valence-corrected chi connectivity index (χ4v) is 1.99. The minimum Gasteiger partial charge on any atom is -0.367 e. The topological polar surface area (TPSA) is 24.9 Å². The maximum atomic E-state index is 4.48. The number of nitrogens with one attached hydrogen (secondary N) is 1. The average molecular weight is 299 g/mol. The van der Waals surface area contributed by atoms with Crippen LogP contribution in [0.4, 0.5) is 5.82 Å². The Balaban J connectivity index is 2.69. The van der Waals surface area contributed by atoms with E-state index < -0.39 is 0 Å². The third-order valence-electron chi connectivity index (χ3n) is 3.10. The van der Waals surface area contributed by atoms with Crippen LogP contribution in [-0.4, -0.2) is 16.4 Å². The summed E-state index contributed by atoms with van der Waals surface area (Å²) in [6, 6.07) is 4.64. The summed E-state index contributed by atoms with van der Waals surface area (Å²) in [5.74, 6) is 1.54. The van der Waals surface area contributed by atoms with Gasteiger partial charge in [0.25, 0.3) is 0 Å². The highest BCUT2D eigenvalue weighted by Crippen LogP contribution is 2.22. The molecule has 0 aliphatic heterocycles. The molecular formula is C14H23BrN2. The summed E-state index contributed by atoms with van der Waals surface area (Å²) in [7, 11) is 0. The molecular weight excluding hydrogens is 276 g/mol. The Morgan fingerprint density at radius 1 is 1.29 bits per heavy atom. The molecule has 1 N–H and O–H groups in total.